The summed E-state index contributed by atoms with van der Waals surface area (Å²) >= 11 is 0. The number of para-hydroxylation sites is 1. The van der Waals surface area contributed by atoms with E-state index >= 15 is 0 Å². The van der Waals surface area contributed by atoms with Crippen LogP contribution in [-0.2, 0) is 0 Å². The molecular weight excluding hydrogens is 318 g/mol. The van der Waals surface area contributed by atoms with Crippen molar-refractivity contribution in [2.75, 3.05) is 13.8 Å². The van der Waals surface area contributed by atoms with Gasteiger partial charge in [0.25, 0.3) is 5.91 Å². The molecule has 0 unspecified atom stereocenters. The van der Waals surface area contributed by atoms with Crippen molar-refractivity contribution in [1.29, 1.82) is 0 Å². The van der Waals surface area contributed by atoms with Gasteiger partial charge in [-0.25, -0.2) is 5.01 Å². The van der Waals surface area contributed by atoms with Gasteiger partial charge in [0.2, 0.25) is 6.79 Å². The number of rotatable bonds is 3. The molecule has 126 valence electrons. The van der Waals surface area contributed by atoms with Crippen LogP contribution in [0.1, 0.15) is 21.6 Å². The van der Waals surface area contributed by atoms with Crippen molar-refractivity contribution in [3.63, 3.8) is 0 Å². The van der Waals surface area contributed by atoms with E-state index in [0.29, 0.717) is 17.1 Å². The molecule has 0 atom stereocenters. The van der Waals surface area contributed by atoms with E-state index in [-0.39, 0.29) is 12.7 Å². The van der Waals surface area contributed by atoms with Crippen LogP contribution in [0, 0.1) is 6.92 Å². The first-order valence-electron chi connectivity index (χ1n) is 7.92. The van der Waals surface area contributed by atoms with Crippen LogP contribution in [0.4, 0.5) is 0 Å². The molecule has 1 aliphatic rings. The zero-order chi connectivity index (χ0) is 17.4. The number of aromatic amines is 1. The number of nitrogens with one attached hydrogen (secondary N) is 1. The zero-order valence-electron chi connectivity index (χ0n) is 13.9. The predicted octanol–water partition coefficient (Wildman–Crippen LogP) is 3.31. The molecule has 6 nitrogen and oxygen atoms in total. The molecule has 1 aliphatic heterocycles. The van der Waals surface area contributed by atoms with Gasteiger partial charge in [0.05, 0.1) is 6.21 Å². The maximum absolute atomic E-state index is 12.6. The summed E-state index contributed by atoms with van der Waals surface area (Å²) in [6.07, 6.45) is 1.71. The number of aryl methyl sites for hydroxylation is 1. The molecule has 0 saturated carbocycles. The van der Waals surface area contributed by atoms with E-state index in [2.05, 4.69) is 10.1 Å². The van der Waals surface area contributed by atoms with Gasteiger partial charge in [-0.15, -0.1) is 0 Å². The first kappa shape index (κ1) is 15.3. The van der Waals surface area contributed by atoms with E-state index in [4.69, 9.17) is 9.47 Å². The zero-order valence-corrected chi connectivity index (χ0v) is 13.9. The van der Waals surface area contributed by atoms with Crippen molar-refractivity contribution < 1.29 is 14.3 Å². The Morgan fingerprint density at radius 1 is 1.20 bits per heavy atom. The number of ether oxygens (including phenoxy) is 2. The summed E-state index contributed by atoms with van der Waals surface area (Å²) < 4.78 is 10.6. The third kappa shape index (κ3) is 2.71. The second-order valence-electron chi connectivity index (χ2n) is 5.85. The minimum atomic E-state index is -0.216. The van der Waals surface area contributed by atoms with Crippen molar-refractivity contribution in [3.05, 3.63) is 59.3 Å². The average molecular weight is 335 g/mol. The first-order valence-corrected chi connectivity index (χ1v) is 7.92. The first-order chi connectivity index (χ1) is 12.1. The van der Waals surface area contributed by atoms with Crippen LogP contribution in [0.5, 0.6) is 11.5 Å². The maximum Gasteiger partial charge on any atom is 0.273 e. The second kappa shape index (κ2) is 5.98. The molecule has 1 aromatic heterocycles. The van der Waals surface area contributed by atoms with E-state index in [0.717, 1.165) is 22.2 Å². The molecule has 4 rings (SSSR count). The number of carbonyl (C=O) groups excluding carboxylic acids is 1. The predicted molar refractivity (Wildman–Crippen MR) is 95.3 cm³/mol. The van der Waals surface area contributed by atoms with Gasteiger partial charge >= 0.3 is 0 Å². The lowest BCUT2D eigenvalue weighted by atomic mass is 10.1. The summed E-state index contributed by atoms with van der Waals surface area (Å²) in [7, 11) is 1.63. The molecule has 6 heteroatoms. The smallest absolute Gasteiger partial charge is 0.273 e. The highest BCUT2D eigenvalue weighted by atomic mass is 16.7. The molecule has 25 heavy (non-hydrogen) atoms. The van der Waals surface area contributed by atoms with Gasteiger partial charge in [-0.2, -0.15) is 5.10 Å². The minimum Gasteiger partial charge on any atom is -0.454 e. The van der Waals surface area contributed by atoms with Crippen molar-refractivity contribution in [3.8, 4) is 11.5 Å². The highest BCUT2D eigenvalue weighted by Crippen LogP contribution is 2.32. The lowest BCUT2D eigenvalue weighted by Crippen LogP contribution is -2.21. The van der Waals surface area contributed by atoms with Crippen molar-refractivity contribution in [2.45, 2.75) is 6.92 Å². The summed E-state index contributed by atoms with van der Waals surface area (Å²) in [5.74, 6) is 1.01. The Morgan fingerprint density at radius 3 is 2.88 bits per heavy atom. The van der Waals surface area contributed by atoms with E-state index < -0.39 is 0 Å². The van der Waals surface area contributed by atoms with Gasteiger partial charge in [-0.3, -0.25) is 4.79 Å². The highest BCUT2D eigenvalue weighted by Gasteiger charge is 2.18. The Kier molecular flexibility index (Phi) is 3.65. The average Bonchev–Trinajstić information content (AvgIpc) is 3.21. The number of hydrogen-bond donors (Lipinski definition) is 1. The van der Waals surface area contributed by atoms with Gasteiger partial charge < -0.3 is 14.5 Å². The molecule has 0 radical (unpaired) electrons. The Morgan fingerprint density at radius 2 is 2.00 bits per heavy atom. The van der Waals surface area contributed by atoms with Gasteiger partial charge in [-0.1, -0.05) is 18.2 Å². The van der Waals surface area contributed by atoms with Crippen LogP contribution in [0.25, 0.3) is 10.9 Å². The van der Waals surface area contributed by atoms with Crippen molar-refractivity contribution >= 4 is 23.0 Å². The quantitative estimate of drug-likeness (QED) is 0.590. The number of H-pyrrole nitrogens is 1. The Hall–Kier alpha value is -3.28. The third-order valence-electron chi connectivity index (χ3n) is 4.22. The van der Waals surface area contributed by atoms with Crippen LogP contribution in [0.15, 0.2) is 47.6 Å². The Labute approximate surface area is 144 Å². The van der Waals surface area contributed by atoms with E-state index in [1.54, 1.807) is 31.5 Å². The number of benzene rings is 2. The van der Waals surface area contributed by atoms with E-state index in [1.807, 2.05) is 31.2 Å². The Bertz CT molecular complexity index is 991. The number of fused-ring (bicyclic) bond motifs is 2. The molecule has 0 fully saturated rings. The largest absolute Gasteiger partial charge is 0.454 e. The van der Waals surface area contributed by atoms with Crippen LogP contribution in [0.2, 0.25) is 0 Å². The molecule has 3 aromatic rings. The fourth-order valence-electron chi connectivity index (χ4n) is 2.88. The van der Waals surface area contributed by atoms with Crippen LogP contribution in [-0.4, -0.2) is 36.0 Å². The van der Waals surface area contributed by atoms with Crippen LogP contribution < -0.4 is 9.47 Å². The highest BCUT2D eigenvalue weighted by molar-refractivity contribution is 6.01. The van der Waals surface area contributed by atoms with E-state index in [9.17, 15) is 4.79 Å². The molecule has 0 aliphatic carbocycles. The van der Waals surface area contributed by atoms with Gasteiger partial charge in [0.15, 0.2) is 11.5 Å². The molecule has 1 amide bonds. The monoisotopic (exact) mass is 335 g/mol. The summed E-state index contributed by atoms with van der Waals surface area (Å²) in [4.78, 5) is 15.9. The molecule has 2 heterocycles. The number of nitrogens with zero attached hydrogens (tertiary/aromatic N) is 2. The molecule has 0 spiro atoms. The fourth-order valence-corrected chi connectivity index (χ4v) is 2.88. The van der Waals surface area contributed by atoms with Crippen molar-refractivity contribution in [2.24, 2.45) is 5.10 Å². The SMILES string of the molecule is Cc1[nH]c2ccccc2c1/C=N/N(C)C(=O)c1ccc2c(c1)OCO2. The van der Waals surface area contributed by atoms with Crippen LogP contribution in [0.3, 0.4) is 0 Å². The molecule has 0 saturated heterocycles. The summed E-state index contributed by atoms with van der Waals surface area (Å²) in [5.41, 5.74) is 3.53. The summed E-state index contributed by atoms with van der Waals surface area (Å²) in [6.45, 7) is 2.17. The number of hydrogen-bond acceptors (Lipinski definition) is 4. The Balaban J connectivity index is 1.58. The summed E-state index contributed by atoms with van der Waals surface area (Å²) in [5, 5.41) is 6.71. The second-order valence-corrected chi connectivity index (χ2v) is 5.85. The molecule has 2 aromatic carbocycles. The number of aromatic nitrogens is 1. The van der Waals surface area contributed by atoms with Gasteiger partial charge in [0, 0.05) is 34.8 Å². The molecule has 1 N–H and O–H groups in total. The van der Waals surface area contributed by atoms with Gasteiger partial charge in [-0.05, 0) is 31.2 Å². The molecular formula is C19H17N3O3. The third-order valence-corrected chi connectivity index (χ3v) is 4.22. The number of hydrazone groups is 1. The topological polar surface area (TPSA) is 66.9 Å². The fraction of sp³-hybridized carbons (Fsp3) is 0.158. The standard InChI is InChI=1S/C19H17N3O3/c1-12-15(14-5-3-4-6-16(14)21-12)10-20-22(2)19(23)13-7-8-17-18(9-13)25-11-24-17/h3-10,21H,11H2,1-2H3/b20-10+. The lowest BCUT2D eigenvalue weighted by molar-refractivity contribution is 0.0800. The summed E-state index contributed by atoms with van der Waals surface area (Å²) in [6, 6.07) is 13.1. The normalized spacial score (nSPS) is 12.9. The van der Waals surface area contributed by atoms with Crippen LogP contribution >= 0.6 is 0 Å². The lowest BCUT2D eigenvalue weighted by Gasteiger charge is -2.11. The maximum atomic E-state index is 12.6. The minimum absolute atomic E-state index is 0.181. The van der Waals surface area contributed by atoms with Gasteiger partial charge in [0.1, 0.15) is 0 Å². The number of carbonyl (C=O) groups is 1. The van der Waals surface area contributed by atoms with E-state index in [1.165, 1.54) is 5.01 Å². The van der Waals surface area contributed by atoms with Crippen molar-refractivity contribution in [1.82, 2.24) is 9.99 Å². The molecule has 0 bridgehead atoms. The number of amides is 1.